The molecule has 0 amide bonds. The van der Waals surface area contributed by atoms with Crippen LogP contribution in [0.1, 0.15) is 30.9 Å². The van der Waals surface area contributed by atoms with Crippen molar-refractivity contribution >= 4 is 21.5 Å². The van der Waals surface area contributed by atoms with Crippen LogP contribution in [0, 0.1) is 0 Å². The van der Waals surface area contributed by atoms with E-state index < -0.39 is 0 Å². The molecule has 1 fully saturated rings. The Labute approximate surface area is 99.5 Å². The van der Waals surface area contributed by atoms with Gasteiger partial charge in [-0.3, -0.25) is 0 Å². The van der Waals surface area contributed by atoms with Gasteiger partial charge in [0.05, 0.1) is 0 Å². The number of allylic oxidation sites excluding steroid dienone is 1. The van der Waals surface area contributed by atoms with E-state index in [1.54, 1.807) is 0 Å². The summed E-state index contributed by atoms with van der Waals surface area (Å²) in [6.45, 7) is 6.77. The van der Waals surface area contributed by atoms with E-state index in [1.807, 2.05) is 6.92 Å². The molecule has 0 spiro atoms. The maximum atomic E-state index is 5.84. The van der Waals surface area contributed by atoms with Crippen molar-refractivity contribution in [1.82, 2.24) is 0 Å². The molecule has 0 unspecified atom stereocenters. The van der Waals surface area contributed by atoms with Crippen molar-refractivity contribution in [2.45, 2.75) is 25.2 Å². The summed E-state index contributed by atoms with van der Waals surface area (Å²) in [6.07, 6.45) is 2.44. The summed E-state index contributed by atoms with van der Waals surface area (Å²) in [7, 11) is 0. The van der Waals surface area contributed by atoms with Crippen LogP contribution in [0.25, 0.3) is 5.57 Å². The van der Waals surface area contributed by atoms with Crippen molar-refractivity contribution < 1.29 is 0 Å². The van der Waals surface area contributed by atoms with Gasteiger partial charge in [0, 0.05) is 16.4 Å². The molecule has 2 N–H and O–H groups in total. The van der Waals surface area contributed by atoms with E-state index in [1.165, 1.54) is 24.0 Å². The highest BCUT2D eigenvalue weighted by molar-refractivity contribution is 9.10. The third-order valence-electron chi connectivity index (χ3n) is 3.25. The third kappa shape index (κ3) is 2.01. The molecule has 0 atom stereocenters. The van der Waals surface area contributed by atoms with Gasteiger partial charge >= 0.3 is 0 Å². The molecule has 0 heterocycles. The van der Waals surface area contributed by atoms with Gasteiger partial charge in [-0.15, -0.1) is 0 Å². The first-order chi connectivity index (χ1) is 7.07. The zero-order valence-corrected chi connectivity index (χ0v) is 10.6. The van der Waals surface area contributed by atoms with Gasteiger partial charge in [-0.1, -0.05) is 34.1 Å². The number of halogens is 1. The Morgan fingerprint density at radius 2 is 2.13 bits per heavy atom. The molecule has 0 aliphatic heterocycles. The van der Waals surface area contributed by atoms with Crippen LogP contribution in [-0.2, 0) is 5.41 Å². The highest BCUT2D eigenvalue weighted by Crippen LogP contribution is 2.48. The van der Waals surface area contributed by atoms with Gasteiger partial charge in [0.2, 0.25) is 0 Å². The zero-order chi connectivity index (χ0) is 11.1. The quantitative estimate of drug-likeness (QED) is 0.890. The van der Waals surface area contributed by atoms with E-state index in [0.29, 0.717) is 0 Å². The Hall–Kier alpha value is -0.600. The van der Waals surface area contributed by atoms with Gasteiger partial charge in [0.1, 0.15) is 0 Å². The van der Waals surface area contributed by atoms with E-state index in [9.17, 15) is 0 Å². The Bertz CT molecular complexity index is 405. The third-order valence-corrected chi connectivity index (χ3v) is 3.71. The molecule has 0 aromatic heterocycles. The number of rotatable bonds is 3. The Balaban J connectivity index is 2.44. The Morgan fingerprint density at radius 3 is 2.60 bits per heavy atom. The molecule has 15 heavy (non-hydrogen) atoms. The number of hydrogen-bond acceptors (Lipinski definition) is 1. The molecule has 0 bridgehead atoms. The van der Waals surface area contributed by atoms with Crippen LogP contribution >= 0.6 is 15.9 Å². The molecule has 1 aliphatic rings. The second kappa shape index (κ2) is 3.76. The van der Waals surface area contributed by atoms with Gasteiger partial charge in [0.25, 0.3) is 0 Å². The second-order valence-corrected chi connectivity index (χ2v) is 5.41. The van der Waals surface area contributed by atoms with Gasteiger partial charge < -0.3 is 5.73 Å². The predicted octanol–water partition coefficient (Wildman–Crippen LogP) is 3.47. The van der Waals surface area contributed by atoms with E-state index in [0.717, 1.165) is 16.6 Å². The summed E-state index contributed by atoms with van der Waals surface area (Å²) in [5.41, 5.74) is 9.77. The molecule has 1 aromatic carbocycles. The lowest BCUT2D eigenvalue weighted by molar-refractivity contribution is 0.704. The maximum Gasteiger partial charge on any atom is 0.0184 e. The van der Waals surface area contributed by atoms with E-state index >= 15 is 0 Å². The van der Waals surface area contributed by atoms with Crippen LogP contribution in [0.2, 0.25) is 0 Å². The zero-order valence-electron chi connectivity index (χ0n) is 9.02. The molecule has 0 radical (unpaired) electrons. The van der Waals surface area contributed by atoms with Crippen LogP contribution in [-0.4, -0.2) is 6.54 Å². The van der Waals surface area contributed by atoms with Gasteiger partial charge in [-0.25, -0.2) is 0 Å². The lowest BCUT2D eigenvalue weighted by Gasteiger charge is -2.15. The van der Waals surface area contributed by atoms with Gasteiger partial charge in [-0.2, -0.15) is 0 Å². The maximum absolute atomic E-state index is 5.84. The summed E-state index contributed by atoms with van der Waals surface area (Å²) in [4.78, 5) is 0. The van der Waals surface area contributed by atoms with Crippen molar-refractivity contribution in [1.29, 1.82) is 0 Å². The minimum absolute atomic E-state index is 0.258. The highest BCUT2D eigenvalue weighted by Gasteiger charge is 2.43. The monoisotopic (exact) mass is 265 g/mol. The summed E-state index contributed by atoms with van der Waals surface area (Å²) in [5, 5.41) is 0. The molecule has 80 valence electrons. The molecular weight excluding hydrogens is 250 g/mol. The average molecular weight is 266 g/mol. The largest absolute Gasteiger partial charge is 0.330 e. The fraction of sp³-hybridized carbons (Fsp3) is 0.385. The molecule has 1 aromatic rings. The normalized spacial score (nSPS) is 17.5. The standard InChI is InChI=1S/C13H16BrN/c1-9(2)10-5-11(7-12(14)6-10)13(8-15)3-4-13/h5-7H,1,3-4,8,15H2,2H3. The van der Waals surface area contributed by atoms with Crippen molar-refractivity contribution in [3.05, 3.63) is 40.4 Å². The van der Waals surface area contributed by atoms with E-state index in [2.05, 4.69) is 40.7 Å². The number of nitrogens with two attached hydrogens (primary N) is 1. The number of benzene rings is 1. The first kappa shape index (κ1) is 10.9. The molecule has 1 saturated carbocycles. The first-order valence-corrected chi connectivity index (χ1v) is 6.04. The molecule has 2 heteroatoms. The first-order valence-electron chi connectivity index (χ1n) is 5.24. The average Bonchev–Trinajstić information content (AvgIpc) is 2.97. The fourth-order valence-corrected chi connectivity index (χ4v) is 2.40. The van der Waals surface area contributed by atoms with Crippen LogP contribution in [0.5, 0.6) is 0 Å². The molecule has 1 aliphatic carbocycles. The summed E-state index contributed by atoms with van der Waals surface area (Å²) in [5.74, 6) is 0. The predicted molar refractivity (Wildman–Crippen MR) is 68.8 cm³/mol. The summed E-state index contributed by atoms with van der Waals surface area (Å²) in [6, 6.07) is 6.53. The van der Waals surface area contributed by atoms with Gasteiger partial charge in [0.15, 0.2) is 0 Å². The highest BCUT2D eigenvalue weighted by atomic mass is 79.9. The van der Waals surface area contributed by atoms with Crippen LogP contribution in [0.4, 0.5) is 0 Å². The van der Waals surface area contributed by atoms with Crippen LogP contribution in [0.15, 0.2) is 29.3 Å². The summed E-state index contributed by atoms with van der Waals surface area (Å²) < 4.78 is 1.12. The van der Waals surface area contributed by atoms with Gasteiger partial charge in [-0.05, 0) is 43.0 Å². The van der Waals surface area contributed by atoms with E-state index in [-0.39, 0.29) is 5.41 Å². The van der Waals surface area contributed by atoms with Crippen LogP contribution in [0.3, 0.4) is 0 Å². The fourth-order valence-electron chi connectivity index (χ4n) is 1.90. The minimum atomic E-state index is 0.258. The topological polar surface area (TPSA) is 26.0 Å². The summed E-state index contributed by atoms with van der Waals surface area (Å²) >= 11 is 3.55. The van der Waals surface area contributed by atoms with Crippen molar-refractivity contribution in [3.8, 4) is 0 Å². The van der Waals surface area contributed by atoms with Crippen molar-refractivity contribution in [2.75, 3.05) is 6.54 Å². The van der Waals surface area contributed by atoms with Crippen LogP contribution < -0.4 is 5.73 Å². The second-order valence-electron chi connectivity index (χ2n) is 4.49. The Morgan fingerprint density at radius 1 is 1.47 bits per heavy atom. The molecule has 2 rings (SSSR count). The molecule has 1 nitrogen and oxygen atoms in total. The lowest BCUT2D eigenvalue weighted by Crippen LogP contribution is -2.19. The van der Waals surface area contributed by atoms with Crippen molar-refractivity contribution in [2.24, 2.45) is 5.73 Å². The SMILES string of the molecule is C=C(C)c1cc(Br)cc(C2(CN)CC2)c1. The van der Waals surface area contributed by atoms with Crippen molar-refractivity contribution in [3.63, 3.8) is 0 Å². The smallest absolute Gasteiger partial charge is 0.0184 e. The lowest BCUT2D eigenvalue weighted by atomic mass is 9.93. The molecular formula is C13H16BrN. The number of hydrogen-bond donors (Lipinski definition) is 1. The minimum Gasteiger partial charge on any atom is -0.330 e. The Kier molecular flexibility index (Phi) is 2.73. The van der Waals surface area contributed by atoms with E-state index in [4.69, 9.17) is 5.73 Å². The molecule has 0 saturated heterocycles.